The number of hydrogen-bond acceptors (Lipinski definition) is 3. The van der Waals surface area contributed by atoms with Crippen LogP contribution in [0.3, 0.4) is 0 Å². The van der Waals surface area contributed by atoms with Gasteiger partial charge in [0.05, 0.1) is 0 Å². The quantitative estimate of drug-likeness (QED) is 0.748. The molecule has 0 saturated heterocycles. The van der Waals surface area contributed by atoms with E-state index < -0.39 is 5.91 Å². The number of carbonyl (C=O) groups excluding carboxylic acids is 3. The van der Waals surface area contributed by atoms with Gasteiger partial charge in [-0.1, -0.05) is 11.6 Å². The number of primary amides is 1. The molecule has 0 bridgehead atoms. The van der Waals surface area contributed by atoms with E-state index in [9.17, 15) is 14.4 Å². The molecule has 2 aromatic rings. The Morgan fingerprint density at radius 3 is 2.08 bits per heavy atom. The molecule has 0 radical (unpaired) electrons. The van der Waals surface area contributed by atoms with Gasteiger partial charge in [-0.2, -0.15) is 0 Å². The highest BCUT2D eigenvalue weighted by Crippen LogP contribution is 2.10. The lowest BCUT2D eigenvalue weighted by molar-refractivity contribution is -0.116. The molecular weight excluding hydrogens is 330 g/mol. The Kier molecular flexibility index (Phi) is 5.92. The Bertz CT molecular complexity index is 743. The van der Waals surface area contributed by atoms with Crippen molar-refractivity contribution >= 4 is 35.0 Å². The Morgan fingerprint density at radius 2 is 1.50 bits per heavy atom. The molecule has 0 aliphatic rings. The van der Waals surface area contributed by atoms with Crippen LogP contribution >= 0.6 is 11.6 Å². The van der Waals surface area contributed by atoms with Crippen molar-refractivity contribution in [2.75, 3.05) is 11.9 Å². The Labute approximate surface area is 144 Å². The third kappa shape index (κ3) is 5.10. The largest absolute Gasteiger partial charge is 0.366 e. The summed E-state index contributed by atoms with van der Waals surface area (Å²) >= 11 is 5.76. The number of hydrogen-bond donors (Lipinski definition) is 3. The summed E-state index contributed by atoms with van der Waals surface area (Å²) in [5.74, 6) is -1.05. The second-order valence-corrected chi connectivity index (χ2v) is 5.44. The lowest BCUT2D eigenvalue weighted by atomic mass is 10.2. The molecule has 0 fully saturated rings. The van der Waals surface area contributed by atoms with Crippen molar-refractivity contribution in [1.29, 1.82) is 0 Å². The Hall–Kier alpha value is -2.86. The fourth-order valence-corrected chi connectivity index (χ4v) is 2.06. The van der Waals surface area contributed by atoms with E-state index in [-0.39, 0.29) is 24.8 Å². The molecule has 0 saturated carbocycles. The van der Waals surface area contributed by atoms with E-state index in [4.69, 9.17) is 17.3 Å². The van der Waals surface area contributed by atoms with Crippen LogP contribution in [0.4, 0.5) is 5.69 Å². The molecule has 2 aromatic carbocycles. The van der Waals surface area contributed by atoms with Crippen LogP contribution in [0.1, 0.15) is 27.1 Å². The first-order chi connectivity index (χ1) is 11.5. The highest BCUT2D eigenvalue weighted by molar-refractivity contribution is 6.30. The molecule has 2 rings (SSSR count). The fourth-order valence-electron chi connectivity index (χ4n) is 1.93. The SMILES string of the molecule is NC(=O)c1ccc(NC(=O)CCNC(=O)c2ccc(Cl)cc2)cc1. The van der Waals surface area contributed by atoms with Crippen LogP contribution in [0.25, 0.3) is 0 Å². The molecule has 0 atom stereocenters. The number of halogens is 1. The molecule has 3 amide bonds. The minimum Gasteiger partial charge on any atom is -0.366 e. The number of nitrogens with two attached hydrogens (primary N) is 1. The summed E-state index contributed by atoms with van der Waals surface area (Å²) in [6, 6.07) is 12.7. The van der Waals surface area contributed by atoms with Gasteiger partial charge >= 0.3 is 0 Å². The number of rotatable bonds is 6. The Balaban J connectivity index is 1.77. The molecule has 7 heteroatoms. The minimum absolute atomic E-state index is 0.122. The number of benzene rings is 2. The summed E-state index contributed by atoms with van der Waals surface area (Å²) < 4.78 is 0. The average molecular weight is 346 g/mol. The summed E-state index contributed by atoms with van der Waals surface area (Å²) in [5, 5.41) is 5.87. The minimum atomic E-state index is -0.530. The maximum absolute atomic E-state index is 11.9. The maximum atomic E-state index is 11.9. The van der Waals surface area contributed by atoms with Gasteiger partial charge in [0.1, 0.15) is 0 Å². The molecule has 0 heterocycles. The topological polar surface area (TPSA) is 101 Å². The third-order valence-electron chi connectivity index (χ3n) is 3.20. The molecule has 0 aliphatic heterocycles. The van der Waals surface area contributed by atoms with E-state index in [1.165, 1.54) is 12.1 Å². The second kappa shape index (κ2) is 8.12. The van der Waals surface area contributed by atoms with Crippen molar-refractivity contribution < 1.29 is 14.4 Å². The van der Waals surface area contributed by atoms with Gasteiger partial charge in [-0.15, -0.1) is 0 Å². The normalized spacial score (nSPS) is 10.0. The summed E-state index contributed by atoms with van der Waals surface area (Å²) in [5.41, 5.74) is 6.53. The van der Waals surface area contributed by atoms with Crippen LogP contribution in [0.15, 0.2) is 48.5 Å². The van der Waals surface area contributed by atoms with Gasteiger partial charge < -0.3 is 16.4 Å². The first-order valence-electron chi connectivity index (χ1n) is 7.19. The highest BCUT2D eigenvalue weighted by Gasteiger charge is 2.07. The van der Waals surface area contributed by atoms with Crippen LogP contribution in [-0.2, 0) is 4.79 Å². The van der Waals surface area contributed by atoms with Crippen molar-refractivity contribution in [2.24, 2.45) is 5.73 Å². The van der Waals surface area contributed by atoms with Crippen molar-refractivity contribution in [2.45, 2.75) is 6.42 Å². The molecule has 0 spiro atoms. The molecule has 0 unspecified atom stereocenters. The van der Waals surface area contributed by atoms with Crippen molar-refractivity contribution in [3.05, 3.63) is 64.7 Å². The molecule has 0 aromatic heterocycles. The van der Waals surface area contributed by atoms with Gasteiger partial charge in [0.15, 0.2) is 0 Å². The Morgan fingerprint density at radius 1 is 0.917 bits per heavy atom. The zero-order chi connectivity index (χ0) is 17.5. The molecule has 24 heavy (non-hydrogen) atoms. The monoisotopic (exact) mass is 345 g/mol. The average Bonchev–Trinajstić information content (AvgIpc) is 2.55. The lowest BCUT2D eigenvalue weighted by Gasteiger charge is -2.07. The van der Waals surface area contributed by atoms with Gasteiger partial charge in [0.25, 0.3) is 5.91 Å². The van der Waals surface area contributed by atoms with Crippen molar-refractivity contribution in [3.8, 4) is 0 Å². The van der Waals surface area contributed by atoms with Crippen molar-refractivity contribution in [1.82, 2.24) is 5.32 Å². The van der Waals surface area contributed by atoms with E-state index in [1.54, 1.807) is 36.4 Å². The van der Waals surface area contributed by atoms with Gasteiger partial charge in [-0.3, -0.25) is 14.4 Å². The summed E-state index contributed by atoms with van der Waals surface area (Å²) in [7, 11) is 0. The highest BCUT2D eigenvalue weighted by atomic mass is 35.5. The first kappa shape index (κ1) is 17.5. The molecular formula is C17H16ClN3O3. The number of nitrogens with one attached hydrogen (secondary N) is 2. The molecule has 6 nitrogen and oxygen atoms in total. The maximum Gasteiger partial charge on any atom is 0.251 e. The number of carbonyl (C=O) groups is 3. The lowest BCUT2D eigenvalue weighted by Crippen LogP contribution is -2.27. The van der Waals surface area contributed by atoms with Crippen LogP contribution in [-0.4, -0.2) is 24.3 Å². The van der Waals surface area contributed by atoms with E-state index in [0.29, 0.717) is 21.8 Å². The predicted octanol–water partition coefficient (Wildman–Crippen LogP) is 2.20. The zero-order valence-electron chi connectivity index (χ0n) is 12.7. The first-order valence-corrected chi connectivity index (χ1v) is 7.57. The van der Waals surface area contributed by atoms with Gasteiger partial charge in [0.2, 0.25) is 11.8 Å². The van der Waals surface area contributed by atoms with Gasteiger partial charge in [0, 0.05) is 34.8 Å². The summed E-state index contributed by atoms with van der Waals surface area (Å²) in [4.78, 5) is 34.7. The second-order valence-electron chi connectivity index (χ2n) is 5.00. The van der Waals surface area contributed by atoms with E-state index in [2.05, 4.69) is 10.6 Å². The molecule has 4 N–H and O–H groups in total. The number of anilines is 1. The third-order valence-corrected chi connectivity index (χ3v) is 3.45. The molecule has 0 aliphatic carbocycles. The van der Waals surface area contributed by atoms with E-state index in [0.717, 1.165) is 0 Å². The van der Waals surface area contributed by atoms with Crippen LogP contribution in [0.5, 0.6) is 0 Å². The smallest absolute Gasteiger partial charge is 0.251 e. The van der Waals surface area contributed by atoms with Crippen LogP contribution in [0.2, 0.25) is 5.02 Å². The van der Waals surface area contributed by atoms with Crippen LogP contribution in [0, 0.1) is 0 Å². The molecule has 124 valence electrons. The fraction of sp³-hybridized carbons (Fsp3) is 0.118. The van der Waals surface area contributed by atoms with Gasteiger partial charge in [-0.05, 0) is 48.5 Å². The zero-order valence-corrected chi connectivity index (χ0v) is 13.5. The van der Waals surface area contributed by atoms with Crippen molar-refractivity contribution in [3.63, 3.8) is 0 Å². The summed E-state index contributed by atoms with van der Waals surface area (Å²) in [6.07, 6.45) is 0.122. The van der Waals surface area contributed by atoms with Crippen LogP contribution < -0.4 is 16.4 Å². The standard InChI is InChI=1S/C17H16ClN3O3/c18-13-5-1-12(2-6-13)17(24)20-10-9-15(22)21-14-7-3-11(4-8-14)16(19)23/h1-8H,9-10H2,(H2,19,23)(H,20,24)(H,21,22). The van der Waals surface area contributed by atoms with Gasteiger partial charge in [-0.25, -0.2) is 0 Å². The van der Waals surface area contributed by atoms with E-state index in [1.807, 2.05) is 0 Å². The van der Waals surface area contributed by atoms with E-state index >= 15 is 0 Å². The predicted molar refractivity (Wildman–Crippen MR) is 92.0 cm³/mol. The summed E-state index contributed by atoms with van der Waals surface area (Å²) in [6.45, 7) is 0.201. The number of amides is 3.